The fourth-order valence-corrected chi connectivity index (χ4v) is 1.43. The molecule has 2 rings (SSSR count). The SMILES string of the molecule is O=C1C=CC(=O)N1c1cccc([NH+]([O-])O)c1. The van der Waals surface area contributed by atoms with Gasteiger partial charge in [0.25, 0.3) is 11.8 Å². The monoisotopic (exact) mass is 220 g/mol. The van der Waals surface area contributed by atoms with E-state index < -0.39 is 17.0 Å². The number of anilines is 1. The molecule has 6 nitrogen and oxygen atoms in total. The van der Waals surface area contributed by atoms with E-state index in [2.05, 4.69) is 0 Å². The Kier molecular flexibility index (Phi) is 2.53. The molecule has 1 aliphatic rings. The average Bonchev–Trinajstić information content (AvgIpc) is 2.59. The Morgan fingerprint density at radius 3 is 2.38 bits per heavy atom. The van der Waals surface area contributed by atoms with Crippen LogP contribution >= 0.6 is 0 Å². The van der Waals surface area contributed by atoms with E-state index in [0.29, 0.717) is 0 Å². The zero-order chi connectivity index (χ0) is 11.7. The number of hydrogen-bond donors (Lipinski definition) is 2. The topological polar surface area (TPSA) is 85.1 Å². The molecule has 0 spiro atoms. The van der Waals surface area contributed by atoms with Crippen molar-refractivity contribution in [3.05, 3.63) is 41.6 Å². The van der Waals surface area contributed by atoms with Gasteiger partial charge in [-0.25, -0.2) is 10.1 Å². The zero-order valence-electron chi connectivity index (χ0n) is 8.08. The van der Waals surface area contributed by atoms with Crippen molar-refractivity contribution in [3.8, 4) is 0 Å². The van der Waals surface area contributed by atoms with Crippen molar-refractivity contribution in [1.29, 1.82) is 0 Å². The second kappa shape index (κ2) is 3.86. The van der Waals surface area contributed by atoms with Crippen LogP contribution in [0.25, 0.3) is 0 Å². The molecule has 1 aliphatic heterocycles. The molecule has 1 unspecified atom stereocenters. The van der Waals surface area contributed by atoms with Crippen molar-refractivity contribution in [2.75, 3.05) is 4.90 Å². The van der Waals surface area contributed by atoms with Crippen molar-refractivity contribution in [2.45, 2.75) is 0 Å². The Morgan fingerprint density at radius 2 is 1.81 bits per heavy atom. The number of quaternary nitrogens is 1. The highest BCUT2D eigenvalue weighted by Gasteiger charge is 2.25. The van der Waals surface area contributed by atoms with E-state index in [1.54, 1.807) is 0 Å². The van der Waals surface area contributed by atoms with E-state index >= 15 is 0 Å². The van der Waals surface area contributed by atoms with Crippen LogP contribution in [0.15, 0.2) is 36.4 Å². The van der Waals surface area contributed by atoms with Gasteiger partial charge >= 0.3 is 0 Å². The Labute approximate surface area is 90.5 Å². The maximum absolute atomic E-state index is 11.3. The second-order valence-electron chi connectivity index (χ2n) is 3.20. The van der Waals surface area contributed by atoms with Crippen molar-refractivity contribution < 1.29 is 20.0 Å². The van der Waals surface area contributed by atoms with E-state index in [9.17, 15) is 14.8 Å². The van der Waals surface area contributed by atoms with Crippen LogP contribution < -0.4 is 10.1 Å². The first-order valence-corrected chi connectivity index (χ1v) is 4.49. The molecule has 0 aromatic heterocycles. The number of carbonyl (C=O) groups is 2. The third kappa shape index (κ3) is 1.72. The van der Waals surface area contributed by atoms with Crippen LogP contribution in [0, 0.1) is 5.21 Å². The summed E-state index contributed by atoms with van der Waals surface area (Å²) in [5, 5.41) is 18.4. The molecule has 2 N–H and O–H groups in total. The first-order chi connectivity index (χ1) is 7.59. The molecule has 0 bridgehead atoms. The van der Waals surface area contributed by atoms with E-state index in [1.807, 2.05) is 0 Å². The lowest BCUT2D eigenvalue weighted by molar-refractivity contribution is -0.991. The molecule has 1 aromatic rings. The van der Waals surface area contributed by atoms with Gasteiger partial charge in [0.15, 0.2) is 5.69 Å². The Morgan fingerprint density at radius 1 is 1.19 bits per heavy atom. The Balaban J connectivity index is 2.38. The average molecular weight is 220 g/mol. The lowest BCUT2D eigenvalue weighted by Gasteiger charge is -2.16. The lowest BCUT2D eigenvalue weighted by Crippen LogP contribution is -2.99. The number of benzene rings is 1. The molecule has 2 amide bonds. The van der Waals surface area contributed by atoms with Gasteiger partial charge in [0.2, 0.25) is 0 Å². The predicted molar refractivity (Wildman–Crippen MR) is 53.9 cm³/mol. The maximum atomic E-state index is 11.3. The standard InChI is InChI=1S/C10H8N2O4/c13-9-4-5-10(14)11(9)7-2-1-3-8(6-7)12(15)16/h1-6,12,15H. The highest BCUT2D eigenvalue weighted by atomic mass is 16.8. The van der Waals surface area contributed by atoms with Gasteiger partial charge in [-0.15, -0.1) is 0 Å². The number of nitrogens with one attached hydrogen (secondary N) is 1. The van der Waals surface area contributed by atoms with Crippen LogP contribution in [-0.2, 0) is 9.59 Å². The summed E-state index contributed by atoms with van der Waals surface area (Å²) in [5.74, 6) is -0.930. The highest BCUT2D eigenvalue weighted by molar-refractivity contribution is 6.28. The molecule has 1 aromatic carbocycles. The van der Waals surface area contributed by atoms with Crippen LogP contribution in [0.4, 0.5) is 11.4 Å². The minimum absolute atomic E-state index is 0.0324. The van der Waals surface area contributed by atoms with Gasteiger partial charge in [0.05, 0.1) is 5.69 Å². The number of hydrogen-bond acceptors (Lipinski definition) is 4. The first kappa shape index (κ1) is 10.5. The summed E-state index contributed by atoms with van der Waals surface area (Å²) in [7, 11) is 0. The van der Waals surface area contributed by atoms with E-state index in [0.717, 1.165) is 17.1 Å². The van der Waals surface area contributed by atoms with Gasteiger partial charge in [-0.1, -0.05) is 6.07 Å². The molecule has 0 fully saturated rings. The summed E-state index contributed by atoms with van der Waals surface area (Å²) in [6.07, 6.45) is 2.30. The van der Waals surface area contributed by atoms with Gasteiger partial charge in [-0.3, -0.25) is 9.59 Å². The molecule has 1 heterocycles. The van der Waals surface area contributed by atoms with Gasteiger partial charge in [-0.05, 0) is 6.07 Å². The Hall–Kier alpha value is -2.02. The van der Waals surface area contributed by atoms with Gasteiger partial charge in [0, 0.05) is 24.3 Å². The number of nitrogens with zero attached hydrogens (tertiary/aromatic N) is 1. The minimum atomic E-state index is -1.10. The number of carbonyl (C=O) groups excluding carboxylic acids is 2. The minimum Gasteiger partial charge on any atom is -0.595 e. The van der Waals surface area contributed by atoms with Crippen LogP contribution in [0.1, 0.15) is 0 Å². The molecular weight excluding hydrogens is 212 g/mol. The van der Waals surface area contributed by atoms with Gasteiger partial charge < -0.3 is 5.21 Å². The number of amides is 2. The molecule has 82 valence electrons. The van der Waals surface area contributed by atoms with Gasteiger partial charge in [-0.2, -0.15) is 5.23 Å². The number of imide groups is 1. The summed E-state index contributed by atoms with van der Waals surface area (Å²) in [6, 6.07) is 5.67. The molecule has 6 heteroatoms. The quantitative estimate of drug-likeness (QED) is 0.520. The van der Waals surface area contributed by atoms with Crippen molar-refractivity contribution >= 4 is 23.2 Å². The third-order valence-corrected chi connectivity index (χ3v) is 2.16. The highest BCUT2D eigenvalue weighted by Crippen LogP contribution is 2.20. The normalized spacial score (nSPS) is 17.0. The smallest absolute Gasteiger partial charge is 0.258 e. The third-order valence-electron chi connectivity index (χ3n) is 2.16. The molecule has 0 radical (unpaired) electrons. The van der Waals surface area contributed by atoms with Crippen LogP contribution in [-0.4, -0.2) is 17.0 Å². The van der Waals surface area contributed by atoms with E-state index in [-0.39, 0.29) is 11.4 Å². The Bertz CT molecular complexity index is 463. The summed E-state index contributed by atoms with van der Waals surface area (Å²) < 4.78 is 0. The summed E-state index contributed by atoms with van der Waals surface area (Å²) >= 11 is 0. The fourth-order valence-electron chi connectivity index (χ4n) is 1.43. The van der Waals surface area contributed by atoms with Gasteiger partial charge in [0.1, 0.15) is 0 Å². The molecular formula is C10H8N2O4. The van der Waals surface area contributed by atoms with Crippen LogP contribution in [0.3, 0.4) is 0 Å². The molecule has 0 saturated carbocycles. The second-order valence-corrected chi connectivity index (χ2v) is 3.20. The van der Waals surface area contributed by atoms with Crippen LogP contribution in [0.2, 0.25) is 0 Å². The van der Waals surface area contributed by atoms with Crippen molar-refractivity contribution in [1.82, 2.24) is 0 Å². The lowest BCUT2D eigenvalue weighted by atomic mass is 10.2. The maximum Gasteiger partial charge on any atom is 0.258 e. The number of rotatable bonds is 2. The van der Waals surface area contributed by atoms with Crippen molar-refractivity contribution in [3.63, 3.8) is 0 Å². The van der Waals surface area contributed by atoms with E-state index in [4.69, 9.17) is 5.21 Å². The van der Waals surface area contributed by atoms with E-state index in [1.165, 1.54) is 24.3 Å². The zero-order valence-corrected chi connectivity index (χ0v) is 8.08. The fraction of sp³-hybridized carbons (Fsp3) is 0. The predicted octanol–water partition coefficient (Wildman–Crippen LogP) is -0.481. The molecule has 16 heavy (non-hydrogen) atoms. The first-order valence-electron chi connectivity index (χ1n) is 4.49. The molecule has 0 aliphatic carbocycles. The van der Waals surface area contributed by atoms with Crippen molar-refractivity contribution in [2.24, 2.45) is 0 Å². The summed E-state index contributed by atoms with van der Waals surface area (Å²) in [5.41, 5.74) is 0.296. The largest absolute Gasteiger partial charge is 0.595 e. The molecule has 1 atom stereocenters. The summed E-state index contributed by atoms with van der Waals surface area (Å²) in [4.78, 5) is 23.6. The van der Waals surface area contributed by atoms with Crippen LogP contribution in [0.5, 0.6) is 0 Å². The molecule has 0 saturated heterocycles. The summed E-state index contributed by atoms with van der Waals surface area (Å²) in [6.45, 7) is 0.